The number of ether oxygens (including phenoxy) is 1. The van der Waals surface area contributed by atoms with Crippen LogP contribution in [0.15, 0.2) is 12.3 Å². The molecule has 0 saturated carbocycles. The van der Waals surface area contributed by atoms with Crippen LogP contribution >= 0.6 is 34.2 Å². The number of carbonyl (C=O) groups is 1. The van der Waals surface area contributed by atoms with Crippen LogP contribution in [0.5, 0.6) is 0 Å². The Morgan fingerprint density at radius 2 is 2.24 bits per heavy atom. The molecular formula is C11H14ClIN2O2. The molecule has 0 aliphatic rings. The lowest BCUT2D eigenvalue weighted by Gasteiger charge is -2.19. The summed E-state index contributed by atoms with van der Waals surface area (Å²) < 4.78 is 6.08. The van der Waals surface area contributed by atoms with E-state index in [9.17, 15) is 4.79 Å². The Labute approximate surface area is 119 Å². The third-order valence-corrected chi connectivity index (χ3v) is 3.09. The summed E-state index contributed by atoms with van der Waals surface area (Å²) in [6.45, 7) is 5.74. The van der Waals surface area contributed by atoms with Crippen LogP contribution in [0.2, 0.25) is 5.15 Å². The molecule has 0 unspecified atom stereocenters. The second-order valence-electron chi connectivity index (χ2n) is 4.42. The molecule has 17 heavy (non-hydrogen) atoms. The number of alkyl carbamates (subject to hydrolysis) is 1. The molecule has 0 aromatic carbocycles. The van der Waals surface area contributed by atoms with Gasteiger partial charge in [0, 0.05) is 15.3 Å². The lowest BCUT2D eigenvalue weighted by molar-refractivity contribution is 0.0523. The molecule has 1 heterocycles. The molecule has 0 saturated heterocycles. The van der Waals surface area contributed by atoms with Gasteiger partial charge in [0.05, 0.1) is 6.54 Å². The standard InChI is InChI=1S/C11H14ClIN2O2/c1-11(2,3)17-10(16)15-6-7-8(13)4-5-14-9(7)12/h4-5H,6H2,1-3H3,(H,15,16). The van der Waals surface area contributed by atoms with Gasteiger partial charge in [0.1, 0.15) is 10.8 Å². The van der Waals surface area contributed by atoms with Crippen LogP contribution in [0.4, 0.5) is 4.79 Å². The van der Waals surface area contributed by atoms with Gasteiger partial charge in [-0.3, -0.25) is 0 Å². The number of carbonyl (C=O) groups excluding carboxylic acids is 1. The third-order valence-electron chi connectivity index (χ3n) is 1.75. The van der Waals surface area contributed by atoms with Crippen molar-refractivity contribution in [2.45, 2.75) is 32.9 Å². The summed E-state index contributed by atoms with van der Waals surface area (Å²) in [5, 5.41) is 3.04. The molecule has 0 spiro atoms. The fraction of sp³-hybridized carbons (Fsp3) is 0.455. The number of pyridine rings is 1. The van der Waals surface area contributed by atoms with Gasteiger partial charge in [0.25, 0.3) is 0 Å². The van der Waals surface area contributed by atoms with E-state index in [-0.39, 0.29) is 0 Å². The SMILES string of the molecule is CC(C)(C)OC(=O)NCc1c(I)ccnc1Cl. The summed E-state index contributed by atoms with van der Waals surface area (Å²) in [7, 11) is 0. The summed E-state index contributed by atoms with van der Waals surface area (Å²) in [5.74, 6) is 0. The first-order valence-electron chi connectivity index (χ1n) is 5.05. The first-order valence-corrected chi connectivity index (χ1v) is 6.51. The molecule has 0 aliphatic carbocycles. The van der Waals surface area contributed by atoms with Gasteiger partial charge < -0.3 is 10.1 Å². The molecule has 0 aliphatic heterocycles. The monoisotopic (exact) mass is 368 g/mol. The smallest absolute Gasteiger partial charge is 0.407 e. The van der Waals surface area contributed by atoms with Crippen LogP contribution < -0.4 is 5.32 Å². The number of nitrogens with zero attached hydrogens (tertiary/aromatic N) is 1. The van der Waals surface area contributed by atoms with Crippen molar-refractivity contribution in [1.29, 1.82) is 0 Å². The van der Waals surface area contributed by atoms with Crippen molar-refractivity contribution in [1.82, 2.24) is 10.3 Å². The Morgan fingerprint density at radius 1 is 1.59 bits per heavy atom. The van der Waals surface area contributed by atoms with Crippen LogP contribution in [0.25, 0.3) is 0 Å². The van der Waals surface area contributed by atoms with E-state index in [1.54, 1.807) is 6.20 Å². The summed E-state index contributed by atoms with van der Waals surface area (Å²) in [6, 6.07) is 1.83. The fourth-order valence-corrected chi connectivity index (χ4v) is 2.07. The highest BCUT2D eigenvalue weighted by Crippen LogP contribution is 2.19. The molecule has 0 fully saturated rings. The first-order chi connectivity index (χ1) is 7.79. The minimum Gasteiger partial charge on any atom is -0.444 e. The quantitative estimate of drug-likeness (QED) is 0.643. The van der Waals surface area contributed by atoms with E-state index in [2.05, 4.69) is 32.9 Å². The van der Waals surface area contributed by atoms with Crippen LogP contribution in [-0.2, 0) is 11.3 Å². The maximum Gasteiger partial charge on any atom is 0.407 e. The molecule has 6 heteroatoms. The number of aromatic nitrogens is 1. The summed E-state index contributed by atoms with van der Waals surface area (Å²) in [5.41, 5.74) is 0.288. The molecule has 0 radical (unpaired) electrons. The number of amides is 1. The van der Waals surface area contributed by atoms with Crippen LogP contribution in [0.3, 0.4) is 0 Å². The van der Waals surface area contributed by atoms with Crippen LogP contribution in [0, 0.1) is 3.57 Å². The van der Waals surface area contributed by atoms with E-state index < -0.39 is 11.7 Å². The van der Waals surface area contributed by atoms with Gasteiger partial charge in [0.2, 0.25) is 0 Å². The predicted molar refractivity (Wildman–Crippen MR) is 75.0 cm³/mol. The highest BCUT2D eigenvalue weighted by molar-refractivity contribution is 14.1. The maximum atomic E-state index is 11.5. The minimum absolute atomic E-state index is 0.305. The summed E-state index contributed by atoms with van der Waals surface area (Å²) in [4.78, 5) is 15.4. The molecular weight excluding hydrogens is 354 g/mol. The van der Waals surface area contributed by atoms with E-state index in [0.717, 1.165) is 9.13 Å². The topological polar surface area (TPSA) is 51.2 Å². The average Bonchev–Trinajstić information content (AvgIpc) is 2.14. The van der Waals surface area contributed by atoms with Crippen molar-refractivity contribution in [2.24, 2.45) is 0 Å². The van der Waals surface area contributed by atoms with Gasteiger partial charge in [0.15, 0.2) is 0 Å². The maximum absolute atomic E-state index is 11.5. The second kappa shape index (κ2) is 5.86. The molecule has 1 aromatic heterocycles. The molecule has 94 valence electrons. The largest absolute Gasteiger partial charge is 0.444 e. The molecule has 1 N–H and O–H groups in total. The zero-order valence-corrected chi connectivity index (χ0v) is 12.8. The Hall–Kier alpha value is -0.560. The summed E-state index contributed by atoms with van der Waals surface area (Å²) in [6.07, 6.45) is 1.16. The Kier molecular flexibility index (Phi) is 5.00. The van der Waals surface area contributed by atoms with Gasteiger partial charge in [-0.15, -0.1) is 0 Å². The molecule has 1 rings (SSSR count). The lowest BCUT2D eigenvalue weighted by Crippen LogP contribution is -2.32. The Morgan fingerprint density at radius 3 is 2.76 bits per heavy atom. The molecule has 0 atom stereocenters. The zero-order valence-electron chi connectivity index (χ0n) is 9.88. The van der Waals surface area contributed by atoms with E-state index in [0.29, 0.717) is 11.7 Å². The Balaban J connectivity index is 2.59. The van der Waals surface area contributed by atoms with Gasteiger partial charge in [-0.25, -0.2) is 9.78 Å². The average molecular weight is 369 g/mol. The zero-order chi connectivity index (χ0) is 13.1. The van der Waals surface area contributed by atoms with Crippen LogP contribution in [-0.4, -0.2) is 16.7 Å². The van der Waals surface area contributed by atoms with Crippen LogP contribution in [0.1, 0.15) is 26.3 Å². The predicted octanol–water partition coefficient (Wildman–Crippen LogP) is 3.36. The van der Waals surface area contributed by atoms with E-state index in [1.807, 2.05) is 26.8 Å². The van der Waals surface area contributed by atoms with Crippen molar-refractivity contribution in [3.8, 4) is 0 Å². The molecule has 0 bridgehead atoms. The molecule has 4 nitrogen and oxygen atoms in total. The van der Waals surface area contributed by atoms with Gasteiger partial charge in [-0.2, -0.15) is 0 Å². The molecule has 1 amide bonds. The third kappa shape index (κ3) is 5.08. The van der Waals surface area contributed by atoms with Gasteiger partial charge in [-0.1, -0.05) is 11.6 Å². The van der Waals surface area contributed by atoms with Crippen molar-refractivity contribution in [2.75, 3.05) is 0 Å². The second-order valence-corrected chi connectivity index (χ2v) is 5.94. The van der Waals surface area contributed by atoms with E-state index in [4.69, 9.17) is 16.3 Å². The van der Waals surface area contributed by atoms with Gasteiger partial charge in [-0.05, 0) is 49.4 Å². The number of nitrogens with one attached hydrogen (secondary N) is 1. The number of rotatable bonds is 2. The minimum atomic E-state index is -0.504. The normalized spacial score (nSPS) is 11.1. The first kappa shape index (κ1) is 14.5. The van der Waals surface area contributed by atoms with Crippen molar-refractivity contribution >= 4 is 40.3 Å². The number of halogens is 2. The number of hydrogen-bond acceptors (Lipinski definition) is 3. The Bertz CT molecular complexity index is 398. The van der Waals surface area contributed by atoms with Crippen molar-refractivity contribution < 1.29 is 9.53 Å². The van der Waals surface area contributed by atoms with Crippen molar-refractivity contribution in [3.63, 3.8) is 0 Å². The highest BCUT2D eigenvalue weighted by atomic mass is 127. The molecule has 1 aromatic rings. The van der Waals surface area contributed by atoms with Crippen molar-refractivity contribution in [3.05, 3.63) is 26.5 Å². The van der Waals surface area contributed by atoms with E-state index in [1.165, 1.54) is 0 Å². The fourth-order valence-electron chi connectivity index (χ4n) is 1.08. The lowest BCUT2D eigenvalue weighted by atomic mass is 10.2. The highest BCUT2D eigenvalue weighted by Gasteiger charge is 2.16. The van der Waals surface area contributed by atoms with E-state index >= 15 is 0 Å². The van der Waals surface area contributed by atoms with Gasteiger partial charge >= 0.3 is 6.09 Å². The number of hydrogen-bond donors (Lipinski definition) is 1. The summed E-state index contributed by atoms with van der Waals surface area (Å²) >= 11 is 8.08.